The number of non-ortho nitro benzene ring substituents is 1. The third-order valence-electron chi connectivity index (χ3n) is 4.56. The summed E-state index contributed by atoms with van der Waals surface area (Å²) in [7, 11) is 1.92. The van der Waals surface area contributed by atoms with Gasteiger partial charge in [0.15, 0.2) is 0 Å². The van der Waals surface area contributed by atoms with E-state index >= 15 is 0 Å². The van der Waals surface area contributed by atoms with E-state index in [1.54, 1.807) is 23.9 Å². The van der Waals surface area contributed by atoms with Gasteiger partial charge in [-0.15, -0.1) is 11.8 Å². The first-order chi connectivity index (χ1) is 13.2. The summed E-state index contributed by atoms with van der Waals surface area (Å²) >= 11 is 1.64. The van der Waals surface area contributed by atoms with Crippen LogP contribution in [0.4, 0.5) is 17.1 Å². The smallest absolute Gasteiger partial charge is 0.269 e. The van der Waals surface area contributed by atoms with Crippen LogP contribution in [0.2, 0.25) is 0 Å². The molecule has 0 bridgehead atoms. The Labute approximate surface area is 163 Å². The maximum Gasteiger partial charge on any atom is 0.269 e. The largest absolute Gasteiger partial charge is 0.387 e. The second-order valence-corrected chi connectivity index (χ2v) is 7.17. The number of anilines is 2. The molecule has 1 aliphatic rings. The Bertz CT molecular complexity index is 785. The molecule has 1 saturated heterocycles. The lowest BCUT2D eigenvalue weighted by Gasteiger charge is -2.18. The van der Waals surface area contributed by atoms with Crippen LogP contribution in [0.1, 0.15) is 18.4 Å². The molecule has 6 nitrogen and oxygen atoms in total. The van der Waals surface area contributed by atoms with Crippen molar-refractivity contribution >= 4 is 34.5 Å². The molecule has 0 radical (unpaired) electrons. The first-order valence-electron chi connectivity index (χ1n) is 9.00. The zero-order chi connectivity index (χ0) is 19.1. The Balaban J connectivity index is 1.53. The van der Waals surface area contributed by atoms with Gasteiger partial charge in [-0.2, -0.15) is 0 Å². The number of benzene rings is 2. The minimum absolute atomic E-state index is 0.0999. The number of nitrogens with zero attached hydrogens (tertiary/aromatic N) is 2. The van der Waals surface area contributed by atoms with E-state index in [0.717, 1.165) is 30.0 Å². The molecule has 3 rings (SSSR count). The summed E-state index contributed by atoms with van der Waals surface area (Å²) in [6.07, 6.45) is 2.56. The van der Waals surface area contributed by atoms with Crippen LogP contribution < -0.4 is 15.5 Å². The number of nitro groups is 1. The van der Waals surface area contributed by atoms with Crippen molar-refractivity contribution in [3.8, 4) is 0 Å². The number of hydrogen-bond acceptors (Lipinski definition) is 6. The molecule has 0 unspecified atom stereocenters. The van der Waals surface area contributed by atoms with E-state index in [1.165, 1.54) is 30.7 Å². The lowest BCUT2D eigenvalue weighted by molar-refractivity contribution is -0.384. The molecule has 142 valence electrons. The van der Waals surface area contributed by atoms with E-state index in [2.05, 4.69) is 45.2 Å². The van der Waals surface area contributed by atoms with Crippen molar-refractivity contribution in [3.05, 3.63) is 69.6 Å². The molecule has 2 N–H and O–H groups in total. The van der Waals surface area contributed by atoms with Crippen LogP contribution in [0.3, 0.4) is 0 Å². The van der Waals surface area contributed by atoms with Gasteiger partial charge in [-0.05, 0) is 48.1 Å². The highest BCUT2D eigenvalue weighted by atomic mass is 32.2. The molecule has 7 heteroatoms. The topological polar surface area (TPSA) is 70.4 Å². The van der Waals surface area contributed by atoms with Crippen LogP contribution in [0, 0.1) is 10.1 Å². The van der Waals surface area contributed by atoms with Gasteiger partial charge in [-0.25, -0.2) is 0 Å². The predicted molar refractivity (Wildman–Crippen MR) is 114 cm³/mol. The minimum Gasteiger partial charge on any atom is -0.387 e. The molecular weight excluding hydrogens is 360 g/mol. The van der Waals surface area contributed by atoms with Gasteiger partial charge in [0, 0.05) is 49.3 Å². The van der Waals surface area contributed by atoms with Crippen LogP contribution in [-0.2, 0) is 0 Å². The fraction of sp³-hybridized carbons (Fsp3) is 0.300. The van der Waals surface area contributed by atoms with Crippen molar-refractivity contribution in [3.63, 3.8) is 0 Å². The van der Waals surface area contributed by atoms with Crippen molar-refractivity contribution in [1.82, 2.24) is 5.32 Å². The Hall–Kier alpha value is -2.67. The lowest BCUT2D eigenvalue weighted by atomic mass is 10.1. The SMILES string of the molecule is CN/C(=C\SCNc1ccc([N+](=O)[O-])cc1)c1ccc(N2CCCC2)cc1. The molecule has 1 heterocycles. The average Bonchev–Trinajstić information content (AvgIpc) is 3.23. The average molecular weight is 385 g/mol. The highest BCUT2D eigenvalue weighted by Crippen LogP contribution is 2.24. The quantitative estimate of drug-likeness (QED) is 0.302. The van der Waals surface area contributed by atoms with Crippen molar-refractivity contribution in [1.29, 1.82) is 0 Å². The summed E-state index contributed by atoms with van der Waals surface area (Å²) < 4.78 is 0. The molecule has 0 amide bonds. The number of nitro benzene ring substituents is 1. The molecule has 27 heavy (non-hydrogen) atoms. The molecule has 0 spiro atoms. The van der Waals surface area contributed by atoms with Crippen molar-refractivity contribution in [2.75, 3.05) is 36.2 Å². The molecule has 1 fully saturated rings. The third kappa shape index (κ3) is 5.17. The molecule has 2 aromatic rings. The summed E-state index contributed by atoms with van der Waals surface area (Å²) in [5.74, 6) is 0.675. The Morgan fingerprint density at radius 2 is 1.81 bits per heavy atom. The fourth-order valence-corrected chi connectivity index (χ4v) is 3.80. The minimum atomic E-state index is -0.393. The molecule has 0 aromatic heterocycles. The molecule has 1 aliphatic heterocycles. The summed E-state index contributed by atoms with van der Waals surface area (Å²) in [6, 6.07) is 15.1. The normalized spacial score (nSPS) is 14.3. The first kappa shape index (κ1) is 19.1. The highest BCUT2D eigenvalue weighted by molar-refractivity contribution is 8.02. The van der Waals surface area contributed by atoms with E-state index in [0.29, 0.717) is 5.88 Å². The molecule has 0 atom stereocenters. The third-order valence-corrected chi connectivity index (χ3v) is 5.27. The Kier molecular flexibility index (Phi) is 6.59. The second kappa shape index (κ2) is 9.32. The number of hydrogen-bond donors (Lipinski definition) is 2. The van der Waals surface area contributed by atoms with Crippen LogP contribution >= 0.6 is 11.8 Å². The van der Waals surface area contributed by atoms with Crippen molar-refractivity contribution in [2.45, 2.75) is 12.8 Å². The number of thioether (sulfide) groups is 1. The van der Waals surface area contributed by atoms with Crippen LogP contribution in [0.5, 0.6) is 0 Å². The summed E-state index contributed by atoms with van der Waals surface area (Å²) in [5.41, 5.74) is 4.48. The summed E-state index contributed by atoms with van der Waals surface area (Å²) in [6.45, 7) is 2.30. The van der Waals surface area contributed by atoms with Gasteiger partial charge in [-0.3, -0.25) is 10.1 Å². The number of nitrogens with one attached hydrogen (secondary N) is 2. The predicted octanol–water partition coefficient (Wildman–Crippen LogP) is 4.52. The van der Waals surface area contributed by atoms with Crippen molar-refractivity contribution < 1.29 is 4.92 Å². The van der Waals surface area contributed by atoms with Crippen LogP contribution in [0.25, 0.3) is 5.70 Å². The summed E-state index contributed by atoms with van der Waals surface area (Å²) in [4.78, 5) is 12.7. The van der Waals surface area contributed by atoms with Crippen LogP contribution in [0.15, 0.2) is 53.9 Å². The molecular formula is C20H24N4O2S. The van der Waals surface area contributed by atoms with E-state index in [-0.39, 0.29) is 5.69 Å². The zero-order valence-electron chi connectivity index (χ0n) is 15.4. The van der Waals surface area contributed by atoms with E-state index in [1.807, 2.05) is 7.05 Å². The van der Waals surface area contributed by atoms with Gasteiger partial charge >= 0.3 is 0 Å². The maximum atomic E-state index is 10.7. The molecule has 2 aromatic carbocycles. The Morgan fingerprint density at radius 1 is 1.15 bits per heavy atom. The fourth-order valence-electron chi connectivity index (χ4n) is 3.05. The first-order valence-corrected chi connectivity index (χ1v) is 10.1. The lowest BCUT2D eigenvalue weighted by Crippen LogP contribution is -2.17. The van der Waals surface area contributed by atoms with Gasteiger partial charge in [0.05, 0.1) is 10.8 Å². The standard InChI is InChI=1S/C20H24N4O2S/c1-21-20(16-4-8-18(9-5-16)23-12-2-3-13-23)14-27-15-22-17-6-10-19(11-7-17)24(25)26/h4-11,14,21-22H,2-3,12-13,15H2,1H3/b20-14-. The summed E-state index contributed by atoms with van der Waals surface area (Å²) in [5, 5.41) is 19.3. The van der Waals surface area contributed by atoms with Crippen molar-refractivity contribution in [2.24, 2.45) is 0 Å². The monoisotopic (exact) mass is 384 g/mol. The zero-order valence-corrected chi connectivity index (χ0v) is 16.2. The van der Waals surface area contributed by atoms with Gasteiger partial charge in [0.25, 0.3) is 5.69 Å². The van der Waals surface area contributed by atoms with Gasteiger partial charge in [0.1, 0.15) is 0 Å². The second-order valence-electron chi connectivity index (χ2n) is 6.31. The van der Waals surface area contributed by atoms with Gasteiger partial charge in [0.2, 0.25) is 0 Å². The maximum absolute atomic E-state index is 10.7. The van der Waals surface area contributed by atoms with E-state index in [4.69, 9.17) is 0 Å². The highest BCUT2D eigenvalue weighted by Gasteiger charge is 2.12. The van der Waals surface area contributed by atoms with Gasteiger partial charge in [-0.1, -0.05) is 12.1 Å². The van der Waals surface area contributed by atoms with E-state index < -0.39 is 4.92 Å². The van der Waals surface area contributed by atoms with Gasteiger partial charge < -0.3 is 15.5 Å². The van der Waals surface area contributed by atoms with Crippen LogP contribution in [-0.4, -0.2) is 30.9 Å². The molecule has 0 saturated carbocycles. The van der Waals surface area contributed by atoms with E-state index in [9.17, 15) is 10.1 Å². The number of rotatable bonds is 8. The molecule has 0 aliphatic carbocycles. The Morgan fingerprint density at radius 3 is 2.41 bits per heavy atom.